The summed E-state index contributed by atoms with van der Waals surface area (Å²) in [6.07, 6.45) is 3.69. The number of nitrogens with zero attached hydrogens (tertiary/aromatic N) is 3. The number of nitrogen functional groups attached to an aromatic ring is 1. The molecular formula is C11H16N4O2. The minimum Gasteiger partial charge on any atom is -0.394 e. The first-order valence-electron chi connectivity index (χ1n) is 5.63. The molecule has 1 aromatic heterocycles. The maximum atomic E-state index is 12.2. The molecule has 6 nitrogen and oxygen atoms in total. The highest BCUT2D eigenvalue weighted by Gasteiger charge is 2.34. The highest BCUT2D eigenvalue weighted by molar-refractivity contribution is 5.92. The smallest absolute Gasteiger partial charge is 0.274 e. The molecule has 2 heterocycles. The van der Waals surface area contributed by atoms with Gasteiger partial charge in [0.25, 0.3) is 5.91 Å². The number of likely N-dealkylation sites (tertiary alicyclic amines) is 1. The van der Waals surface area contributed by atoms with Gasteiger partial charge in [0.2, 0.25) is 0 Å². The number of hydrogen-bond acceptors (Lipinski definition) is 5. The predicted octanol–water partition coefficient (Wildman–Crippen LogP) is -0.0983. The van der Waals surface area contributed by atoms with Crippen LogP contribution in [0.25, 0.3) is 0 Å². The molecule has 2 unspecified atom stereocenters. The molecule has 0 bridgehead atoms. The Morgan fingerprint density at radius 3 is 3.06 bits per heavy atom. The van der Waals surface area contributed by atoms with E-state index in [2.05, 4.69) is 9.97 Å². The molecule has 2 rings (SSSR count). The van der Waals surface area contributed by atoms with Gasteiger partial charge in [-0.3, -0.25) is 9.78 Å². The maximum absolute atomic E-state index is 12.2. The number of aromatic nitrogens is 2. The molecule has 17 heavy (non-hydrogen) atoms. The third-order valence-corrected chi connectivity index (χ3v) is 3.20. The van der Waals surface area contributed by atoms with Crippen LogP contribution in [0.5, 0.6) is 0 Å². The third-order valence-electron chi connectivity index (χ3n) is 3.20. The molecule has 92 valence electrons. The van der Waals surface area contributed by atoms with Gasteiger partial charge in [-0.05, 0) is 12.3 Å². The quantitative estimate of drug-likeness (QED) is 0.748. The number of anilines is 1. The monoisotopic (exact) mass is 236 g/mol. The van der Waals surface area contributed by atoms with Crippen LogP contribution in [0.2, 0.25) is 0 Å². The van der Waals surface area contributed by atoms with Crippen molar-refractivity contribution in [3.63, 3.8) is 0 Å². The molecule has 0 saturated carbocycles. The average Bonchev–Trinajstić information content (AvgIpc) is 2.69. The summed E-state index contributed by atoms with van der Waals surface area (Å²) in [6, 6.07) is -0.134. The van der Waals surface area contributed by atoms with E-state index in [1.54, 1.807) is 4.90 Å². The van der Waals surface area contributed by atoms with Crippen LogP contribution in [0.1, 0.15) is 23.8 Å². The van der Waals surface area contributed by atoms with Crippen molar-refractivity contribution in [2.45, 2.75) is 19.4 Å². The third kappa shape index (κ3) is 2.21. The molecule has 0 aliphatic carbocycles. The number of carbonyl (C=O) groups excluding carboxylic acids is 1. The zero-order chi connectivity index (χ0) is 12.4. The molecule has 0 radical (unpaired) electrons. The van der Waals surface area contributed by atoms with Gasteiger partial charge in [0.05, 0.1) is 25.0 Å². The summed E-state index contributed by atoms with van der Waals surface area (Å²) in [6.45, 7) is 2.64. The summed E-state index contributed by atoms with van der Waals surface area (Å²) in [5.41, 5.74) is 5.73. The van der Waals surface area contributed by atoms with Crippen molar-refractivity contribution in [1.82, 2.24) is 14.9 Å². The highest BCUT2D eigenvalue weighted by atomic mass is 16.3. The first-order chi connectivity index (χ1) is 8.13. The molecule has 1 aliphatic heterocycles. The maximum Gasteiger partial charge on any atom is 0.274 e. The fourth-order valence-corrected chi connectivity index (χ4v) is 2.17. The number of aliphatic hydroxyl groups excluding tert-OH is 1. The lowest BCUT2D eigenvalue weighted by atomic mass is 10.0. The number of hydrogen-bond donors (Lipinski definition) is 2. The van der Waals surface area contributed by atoms with Gasteiger partial charge in [0.15, 0.2) is 0 Å². The molecule has 1 amide bonds. The molecule has 6 heteroatoms. The van der Waals surface area contributed by atoms with Gasteiger partial charge in [-0.25, -0.2) is 4.98 Å². The second-order valence-corrected chi connectivity index (χ2v) is 4.34. The molecule has 1 aromatic rings. The highest BCUT2D eigenvalue weighted by Crippen LogP contribution is 2.24. The van der Waals surface area contributed by atoms with Gasteiger partial charge < -0.3 is 15.7 Å². The zero-order valence-corrected chi connectivity index (χ0v) is 9.71. The van der Waals surface area contributed by atoms with Crippen LogP contribution < -0.4 is 5.73 Å². The summed E-state index contributed by atoms with van der Waals surface area (Å²) in [5.74, 6) is 0.315. The van der Waals surface area contributed by atoms with E-state index < -0.39 is 0 Å². The Hall–Kier alpha value is -1.69. The zero-order valence-electron chi connectivity index (χ0n) is 9.71. The molecular weight excluding hydrogens is 220 g/mol. The lowest BCUT2D eigenvalue weighted by Gasteiger charge is -2.24. The average molecular weight is 236 g/mol. The summed E-state index contributed by atoms with van der Waals surface area (Å²) >= 11 is 0. The van der Waals surface area contributed by atoms with Crippen LogP contribution in [-0.2, 0) is 0 Å². The molecule has 0 spiro atoms. The van der Waals surface area contributed by atoms with Crippen LogP contribution in [0.3, 0.4) is 0 Å². The van der Waals surface area contributed by atoms with Gasteiger partial charge >= 0.3 is 0 Å². The Labute approximate surface area is 99.5 Å². The largest absolute Gasteiger partial charge is 0.394 e. The topological polar surface area (TPSA) is 92.3 Å². The van der Waals surface area contributed by atoms with Crippen LogP contribution >= 0.6 is 0 Å². The normalized spacial score (nSPS) is 24.0. The standard InChI is InChI=1S/C11H16N4O2/c1-7-2-3-15(9(7)6-16)11(17)8-4-13-5-10(12)14-8/h4-5,7,9,16H,2-3,6H2,1H3,(H2,12,14). The van der Waals surface area contributed by atoms with E-state index in [1.165, 1.54) is 12.4 Å². The molecule has 1 saturated heterocycles. The van der Waals surface area contributed by atoms with Crippen LogP contribution in [0, 0.1) is 5.92 Å². The first-order valence-corrected chi connectivity index (χ1v) is 5.63. The van der Waals surface area contributed by atoms with E-state index in [0.29, 0.717) is 12.5 Å². The first kappa shape index (κ1) is 11.8. The number of carbonyl (C=O) groups is 1. The Morgan fingerprint density at radius 2 is 2.41 bits per heavy atom. The predicted molar refractivity (Wildman–Crippen MR) is 62.1 cm³/mol. The van der Waals surface area contributed by atoms with Gasteiger partial charge in [-0.1, -0.05) is 6.92 Å². The van der Waals surface area contributed by atoms with E-state index in [9.17, 15) is 9.90 Å². The summed E-state index contributed by atoms with van der Waals surface area (Å²) in [5, 5.41) is 9.30. The summed E-state index contributed by atoms with van der Waals surface area (Å²) in [7, 11) is 0. The minimum absolute atomic E-state index is 0.0251. The molecule has 2 atom stereocenters. The van der Waals surface area contributed by atoms with Crippen LogP contribution in [0.15, 0.2) is 12.4 Å². The fraction of sp³-hybridized carbons (Fsp3) is 0.545. The van der Waals surface area contributed by atoms with E-state index >= 15 is 0 Å². The van der Waals surface area contributed by atoms with E-state index in [1.807, 2.05) is 6.92 Å². The Morgan fingerprint density at radius 1 is 1.65 bits per heavy atom. The summed E-state index contributed by atoms with van der Waals surface area (Å²) < 4.78 is 0. The number of amides is 1. The van der Waals surface area contributed by atoms with Crippen molar-refractivity contribution in [3.8, 4) is 0 Å². The van der Waals surface area contributed by atoms with Crippen molar-refractivity contribution < 1.29 is 9.90 Å². The molecule has 1 aliphatic rings. The molecule has 0 aromatic carbocycles. The fourth-order valence-electron chi connectivity index (χ4n) is 2.17. The lowest BCUT2D eigenvalue weighted by molar-refractivity contribution is 0.0642. The second-order valence-electron chi connectivity index (χ2n) is 4.34. The Balaban J connectivity index is 2.20. The van der Waals surface area contributed by atoms with Gasteiger partial charge in [-0.2, -0.15) is 0 Å². The minimum atomic E-state index is -0.215. The number of nitrogens with two attached hydrogens (primary N) is 1. The van der Waals surface area contributed by atoms with Crippen molar-refractivity contribution in [2.24, 2.45) is 5.92 Å². The van der Waals surface area contributed by atoms with Crippen molar-refractivity contribution in [3.05, 3.63) is 18.1 Å². The van der Waals surface area contributed by atoms with E-state index in [-0.39, 0.29) is 30.1 Å². The molecule has 1 fully saturated rings. The van der Waals surface area contributed by atoms with E-state index in [4.69, 9.17) is 5.73 Å². The Kier molecular flexibility index (Phi) is 3.23. The Bertz CT molecular complexity index is 424. The number of rotatable bonds is 2. The van der Waals surface area contributed by atoms with Gasteiger partial charge in [-0.15, -0.1) is 0 Å². The van der Waals surface area contributed by atoms with Crippen LogP contribution in [-0.4, -0.2) is 45.1 Å². The van der Waals surface area contributed by atoms with Gasteiger partial charge in [0, 0.05) is 6.54 Å². The van der Waals surface area contributed by atoms with Crippen molar-refractivity contribution in [1.29, 1.82) is 0 Å². The van der Waals surface area contributed by atoms with Crippen molar-refractivity contribution >= 4 is 11.7 Å². The lowest BCUT2D eigenvalue weighted by Crippen LogP contribution is -2.40. The van der Waals surface area contributed by atoms with Crippen molar-refractivity contribution in [2.75, 3.05) is 18.9 Å². The second kappa shape index (κ2) is 4.67. The van der Waals surface area contributed by atoms with Crippen LogP contribution in [0.4, 0.5) is 5.82 Å². The van der Waals surface area contributed by atoms with Gasteiger partial charge in [0.1, 0.15) is 11.5 Å². The van der Waals surface area contributed by atoms with E-state index in [0.717, 1.165) is 6.42 Å². The SMILES string of the molecule is CC1CCN(C(=O)c2cncc(N)n2)C1CO. The molecule has 3 N–H and O–H groups in total. The number of aliphatic hydroxyl groups is 1. The summed E-state index contributed by atoms with van der Waals surface area (Å²) in [4.78, 5) is 21.6.